The van der Waals surface area contributed by atoms with Gasteiger partial charge in [-0.25, -0.2) is 9.37 Å². The van der Waals surface area contributed by atoms with Crippen LogP contribution in [0.3, 0.4) is 0 Å². The first kappa shape index (κ1) is 24.3. The number of likely N-dealkylation sites (N-methyl/N-ethyl adjacent to an activating group) is 1. The number of aromatic nitrogens is 6. The smallest absolute Gasteiger partial charge is 0.260 e. The van der Waals surface area contributed by atoms with Crippen molar-refractivity contribution < 1.29 is 13.9 Å². The van der Waals surface area contributed by atoms with Gasteiger partial charge in [0.2, 0.25) is 0 Å². The number of ether oxygens (including phenoxy) is 1. The predicted octanol–water partition coefficient (Wildman–Crippen LogP) is 3.50. The molecule has 2 bridgehead atoms. The highest BCUT2D eigenvalue weighted by Crippen LogP contribution is 2.31. The van der Waals surface area contributed by atoms with E-state index in [9.17, 15) is 4.79 Å². The Morgan fingerprint density at radius 2 is 2.08 bits per heavy atom. The molecule has 4 aromatic rings. The van der Waals surface area contributed by atoms with E-state index in [0.717, 1.165) is 6.54 Å². The minimum Gasteiger partial charge on any atom is -0.492 e. The van der Waals surface area contributed by atoms with Gasteiger partial charge in [0.05, 0.1) is 24.9 Å². The number of rotatable bonds is 4. The van der Waals surface area contributed by atoms with Gasteiger partial charge < -0.3 is 19.5 Å². The van der Waals surface area contributed by atoms with Crippen LogP contribution in [0.25, 0.3) is 22.6 Å². The number of carbonyl (C=O) groups is 1. The number of allylic oxidation sites excluding steroid dienone is 1. The van der Waals surface area contributed by atoms with Crippen molar-refractivity contribution in [3.8, 4) is 28.4 Å². The molecule has 0 unspecified atom stereocenters. The van der Waals surface area contributed by atoms with Crippen LogP contribution >= 0.6 is 0 Å². The van der Waals surface area contributed by atoms with E-state index in [1.54, 1.807) is 41.6 Å². The first-order valence-electron chi connectivity index (χ1n) is 11.9. The SMILES string of the molecule is CN(C)CCn1cc(-c2cc3c(cc2F)OCC/C=C\Cn2cnnc2-c2cccc(n2)NC3=O)cn1. The average molecular weight is 503 g/mol. The van der Waals surface area contributed by atoms with Gasteiger partial charge in [-0.1, -0.05) is 18.2 Å². The zero-order valence-electron chi connectivity index (χ0n) is 20.6. The summed E-state index contributed by atoms with van der Waals surface area (Å²) in [6.07, 6.45) is 9.50. The number of nitrogens with zero attached hydrogens (tertiary/aromatic N) is 7. The van der Waals surface area contributed by atoms with Crippen molar-refractivity contribution in [3.05, 3.63) is 72.6 Å². The maximum Gasteiger partial charge on any atom is 0.260 e. The second-order valence-corrected chi connectivity index (χ2v) is 8.90. The van der Waals surface area contributed by atoms with Crippen LogP contribution in [-0.2, 0) is 13.1 Å². The van der Waals surface area contributed by atoms with E-state index in [2.05, 4.69) is 25.6 Å². The van der Waals surface area contributed by atoms with Crippen LogP contribution in [0.5, 0.6) is 5.75 Å². The van der Waals surface area contributed by atoms with E-state index in [4.69, 9.17) is 4.74 Å². The summed E-state index contributed by atoms with van der Waals surface area (Å²) in [6.45, 7) is 2.28. The van der Waals surface area contributed by atoms with Gasteiger partial charge >= 0.3 is 0 Å². The number of carbonyl (C=O) groups excluding carboxylic acids is 1. The Balaban J connectivity index is 1.50. The lowest BCUT2D eigenvalue weighted by molar-refractivity contribution is 0.102. The summed E-state index contributed by atoms with van der Waals surface area (Å²) < 4.78 is 24.7. The number of hydrogen-bond donors (Lipinski definition) is 1. The molecule has 3 aromatic heterocycles. The van der Waals surface area contributed by atoms with Gasteiger partial charge in [-0.05, 0) is 38.7 Å². The lowest BCUT2D eigenvalue weighted by Crippen LogP contribution is -2.18. The van der Waals surface area contributed by atoms with Gasteiger partial charge in [0.25, 0.3) is 5.91 Å². The van der Waals surface area contributed by atoms with Crippen LogP contribution in [0, 0.1) is 5.82 Å². The van der Waals surface area contributed by atoms with Crippen molar-refractivity contribution in [1.29, 1.82) is 0 Å². The van der Waals surface area contributed by atoms with Crippen molar-refractivity contribution in [1.82, 2.24) is 34.4 Å². The summed E-state index contributed by atoms with van der Waals surface area (Å²) in [5.74, 6) is 0.118. The van der Waals surface area contributed by atoms with Crippen LogP contribution in [0.15, 0.2) is 61.2 Å². The second kappa shape index (κ2) is 10.7. The van der Waals surface area contributed by atoms with Crippen LogP contribution in [0.4, 0.5) is 10.2 Å². The van der Waals surface area contributed by atoms with Gasteiger partial charge in [-0.15, -0.1) is 10.2 Å². The number of anilines is 1. The Morgan fingerprint density at radius 3 is 2.95 bits per heavy atom. The van der Waals surface area contributed by atoms with E-state index < -0.39 is 11.7 Å². The molecular formula is C26H27FN8O2. The van der Waals surface area contributed by atoms with Crippen LogP contribution in [0.1, 0.15) is 16.8 Å². The standard InChI is InChI=1S/C26H27FN8O2/c1-33(2)10-11-35-16-18(15-29-35)19-13-20-23(14-21(19)27)37-12-5-3-4-9-34-17-28-32-25(34)22-7-6-8-24(30-22)31-26(20)36/h3-4,6-8,13-17H,5,9-12H2,1-2H3,(H,30,31,36)/b4-3-. The van der Waals surface area contributed by atoms with Crippen molar-refractivity contribution >= 4 is 11.7 Å². The maximum atomic E-state index is 15.2. The molecule has 1 aromatic carbocycles. The third kappa shape index (κ3) is 5.56. The molecule has 0 aliphatic carbocycles. The highest BCUT2D eigenvalue weighted by Gasteiger charge is 2.20. The molecule has 10 nitrogen and oxygen atoms in total. The molecule has 0 radical (unpaired) electrons. The number of pyridine rings is 1. The first-order chi connectivity index (χ1) is 18.0. The normalized spacial score (nSPS) is 14.6. The van der Waals surface area contributed by atoms with Crippen LogP contribution in [-0.4, -0.2) is 67.6 Å². The van der Waals surface area contributed by atoms with Gasteiger partial charge in [-0.3, -0.25) is 9.48 Å². The summed E-state index contributed by atoms with van der Waals surface area (Å²) in [5, 5.41) is 15.3. The fourth-order valence-electron chi connectivity index (χ4n) is 3.94. The minimum atomic E-state index is -0.495. The van der Waals surface area contributed by atoms with E-state index in [-0.39, 0.29) is 23.5 Å². The second-order valence-electron chi connectivity index (χ2n) is 8.90. The monoisotopic (exact) mass is 502 g/mol. The minimum absolute atomic E-state index is 0.162. The van der Waals surface area contributed by atoms with Crippen molar-refractivity contribution in [2.75, 3.05) is 32.6 Å². The Hall–Kier alpha value is -4.38. The molecule has 0 fully saturated rings. The van der Waals surface area contributed by atoms with E-state index in [1.807, 2.05) is 35.7 Å². The Bertz CT molecular complexity index is 1440. The van der Waals surface area contributed by atoms with Crippen molar-refractivity contribution in [3.63, 3.8) is 0 Å². The summed E-state index contributed by atoms with van der Waals surface area (Å²) in [4.78, 5) is 20.0. The summed E-state index contributed by atoms with van der Waals surface area (Å²) in [7, 11) is 3.95. The number of fused-ring (bicyclic) bond motifs is 5. The molecule has 1 aliphatic heterocycles. The number of hydrogen-bond acceptors (Lipinski definition) is 7. The number of halogens is 1. The molecule has 0 atom stereocenters. The number of benzene rings is 1. The average Bonchev–Trinajstić information content (AvgIpc) is 3.54. The van der Waals surface area contributed by atoms with Crippen LogP contribution in [0.2, 0.25) is 0 Å². The van der Waals surface area contributed by atoms with Crippen molar-refractivity contribution in [2.24, 2.45) is 0 Å². The summed E-state index contributed by atoms with van der Waals surface area (Å²) in [5.41, 5.74) is 1.61. The lowest BCUT2D eigenvalue weighted by atomic mass is 10.0. The highest BCUT2D eigenvalue weighted by atomic mass is 19.1. The van der Waals surface area contributed by atoms with Gasteiger partial charge in [-0.2, -0.15) is 5.10 Å². The fourth-order valence-corrected chi connectivity index (χ4v) is 3.94. The molecule has 5 rings (SSSR count). The quantitative estimate of drug-likeness (QED) is 0.426. The number of amides is 1. The molecule has 11 heteroatoms. The predicted molar refractivity (Wildman–Crippen MR) is 137 cm³/mol. The summed E-state index contributed by atoms with van der Waals surface area (Å²) in [6, 6.07) is 8.02. The molecule has 0 saturated heterocycles. The molecular weight excluding hydrogens is 475 g/mol. The molecule has 37 heavy (non-hydrogen) atoms. The van der Waals surface area contributed by atoms with Gasteiger partial charge in [0.15, 0.2) is 5.82 Å². The van der Waals surface area contributed by atoms with E-state index in [0.29, 0.717) is 42.4 Å². The van der Waals surface area contributed by atoms with E-state index >= 15 is 4.39 Å². The third-order valence-electron chi connectivity index (χ3n) is 5.88. The topological polar surface area (TPSA) is 103 Å². The molecule has 1 N–H and O–H groups in total. The maximum absolute atomic E-state index is 15.2. The Kier molecular flexibility index (Phi) is 7.04. The molecule has 1 amide bonds. The van der Waals surface area contributed by atoms with Gasteiger partial charge in [0.1, 0.15) is 29.4 Å². The Labute approximate surface area is 213 Å². The van der Waals surface area contributed by atoms with Gasteiger partial charge in [0, 0.05) is 36.5 Å². The molecule has 1 aliphatic rings. The highest BCUT2D eigenvalue weighted by molar-refractivity contribution is 6.06. The lowest BCUT2D eigenvalue weighted by Gasteiger charge is -2.14. The third-order valence-corrected chi connectivity index (χ3v) is 5.88. The largest absolute Gasteiger partial charge is 0.492 e. The molecule has 190 valence electrons. The Morgan fingerprint density at radius 1 is 1.19 bits per heavy atom. The van der Waals surface area contributed by atoms with E-state index in [1.165, 1.54) is 12.1 Å². The fraction of sp³-hybridized carbons (Fsp3) is 0.269. The first-order valence-corrected chi connectivity index (χ1v) is 11.9. The van der Waals surface area contributed by atoms with Crippen LogP contribution < -0.4 is 10.1 Å². The zero-order chi connectivity index (χ0) is 25.8. The van der Waals surface area contributed by atoms with Crippen molar-refractivity contribution in [2.45, 2.75) is 19.5 Å². The summed E-state index contributed by atoms with van der Waals surface area (Å²) >= 11 is 0. The molecule has 0 saturated carbocycles. The molecule has 4 heterocycles. The molecule has 0 spiro atoms. The zero-order valence-corrected chi connectivity index (χ0v) is 20.6. The number of nitrogens with one attached hydrogen (secondary N) is 1.